The maximum atomic E-state index is 11.7. The molecule has 7 nitrogen and oxygen atoms in total. The Morgan fingerprint density at radius 2 is 2.21 bits per heavy atom. The number of nitrogens with zero attached hydrogens (tertiary/aromatic N) is 4. The summed E-state index contributed by atoms with van der Waals surface area (Å²) in [4.78, 5) is 26.7. The van der Waals surface area contributed by atoms with Crippen molar-refractivity contribution in [3.63, 3.8) is 0 Å². The molecule has 2 rings (SSSR count). The second-order valence-corrected chi connectivity index (χ2v) is 4.44. The van der Waals surface area contributed by atoms with Crippen molar-refractivity contribution in [1.29, 1.82) is 0 Å². The van der Waals surface area contributed by atoms with Crippen molar-refractivity contribution in [3.8, 4) is 11.4 Å². The summed E-state index contributed by atoms with van der Waals surface area (Å²) < 4.78 is 6.53. The first-order valence-electron chi connectivity index (χ1n) is 5.18. The third-order valence-corrected chi connectivity index (χ3v) is 3.10. The molecule has 0 fully saturated rings. The van der Waals surface area contributed by atoms with E-state index in [0.717, 1.165) is 0 Å². The first-order valence-corrected chi connectivity index (χ1v) is 5.98. The molecule has 0 aromatic carbocycles. The molecule has 0 amide bonds. The number of halogens is 1. The smallest absolute Gasteiger partial charge is 0.358 e. The summed E-state index contributed by atoms with van der Waals surface area (Å²) in [5.74, 6) is -0.570. The highest BCUT2D eigenvalue weighted by atomic mass is 79.9. The van der Waals surface area contributed by atoms with E-state index < -0.39 is 5.97 Å². The van der Waals surface area contributed by atoms with E-state index in [1.54, 1.807) is 19.2 Å². The standard InChI is InChI=1S/C11H9BrN4O3/c1-16-10(11(18)19-2)9(14-15-16)7-4-3-6(12)8(5-17)13-7/h3-5H,1-2H3. The molecule has 0 radical (unpaired) electrons. The van der Waals surface area contributed by atoms with E-state index in [2.05, 4.69) is 36.0 Å². The maximum absolute atomic E-state index is 11.7. The Balaban J connectivity index is 2.59. The van der Waals surface area contributed by atoms with Crippen molar-refractivity contribution in [3.05, 3.63) is 28.0 Å². The highest BCUT2D eigenvalue weighted by Crippen LogP contribution is 2.22. The fourth-order valence-electron chi connectivity index (χ4n) is 1.53. The molecule has 0 saturated carbocycles. The molecule has 98 valence electrons. The van der Waals surface area contributed by atoms with E-state index in [0.29, 0.717) is 16.5 Å². The van der Waals surface area contributed by atoms with Gasteiger partial charge in [-0.1, -0.05) is 5.21 Å². The Labute approximate surface area is 116 Å². The van der Waals surface area contributed by atoms with Crippen molar-refractivity contribution >= 4 is 28.2 Å². The van der Waals surface area contributed by atoms with Gasteiger partial charge in [-0.05, 0) is 28.1 Å². The largest absolute Gasteiger partial charge is 0.464 e. The summed E-state index contributed by atoms with van der Waals surface area (Å²) in [6.45, 7) is 0. The van der Waals surface area contributed by atoms with Gasteiger partial charge < -0.3 is 4.74 Å². The van der Waals surface area contributed by atoms with E-state index in [1.165, 1.54) is 11.8 Å². The van der Waals surface area contributed by atoms with Gasteiger partial charge in [-0.3, -0.25) is 4.79 Å². The number of pyridine rings is 1. The first-order chi connectivity index (χ1) is 9.08. The Bertz CT molecular complexity index is 653. The quantitative estimate of drug-likeness (QED) is 0.623. The molecular formula is C11H9BrN4O3. The number of carbonyl (C=O) groups is 2. The van der Waals surface area contributed by atoms with Crippen LogP contribution in [-0.2, 0) is 11.8 Å². The SMILES string of the molecule is COC(=O)c1c(-c2ccc(Br)c(C=O)n2)nnn1C. The summed E-state index contributed by atoms with van der Waals surface area (Å²) in [5.41, 5.74) is 1.04. The summed E-state index contributed by atoms with van der Waals surface area (Å²) in [7, 11) is 2.84. The fourth-order valence-corrected chi connectivity index (χ4v) is 1.84. The lowest BCUT2D eigenvalue weighted by molar-refractivity contribution is 0.0589. The number of aryl methyl sites for hydroxylation is 1. The molecular weight excluding hydrogens is 316 g/mol. The minimum atomic E-state index is -0.570. The lowest BCUT2D eigenvalue weighted by atomic mass is 10.2. The van der Waals surface area contributed by atoms with E-state index in [-0.39, 0.29) is 17.1 Å². The number of methoxy groups -OCH3 is 1. The van der Waals surface area contributed by atoms with Crippen LogP contribution in [0.5, 0.6) is 0 Å². The lowest BCUT2D eigenvalue weighted by Gasteiger charge is -2.03. The minimum absolute atomic E-state index is 0.175. The predicted octanol–water partition coefficient (Wildman–Crippen LogP) is 1.24. The molecule has 2 heterocycles. The van der Waals surface area contributed by atoms with Crippen molar-refractivity contribution in [2.45, 2.75) is 0 Å². The molecule has 0 bridgehead atoms. The zero-order valence-electron chi connectivity index (χ0n) is 10.1. The second-order valence-electron chi connectivity index (χ2n) is 3.58. The van der Waals surface area contributed by atoms with Gasteiger partial charge in [0.05, 0.1) is 12.8 Å². The lowest BCUT2D eigenvalue weighted by Crippen LogP contribution is -2.10. The average molecular weight is 325 g/mol. The van der Waals surface area contributed by atoms with Gasteiger partial charge in [0, 0.05) is 11.5 Å². The van der Waals surface area contributed by atoms with Crippen LogP contribution in [0.25, 0.3) is 11.4 Å². The molecule has 0 aliphatic rings. The van der Waals surface area contributed by atoms with Crippen molar-refractivity contribution < 1.29 is 14.3 Å². The Kier molecular flexibility index (Phi) is 3.70. The number of hydrogen-bond donors (Lipinski definition) is 0. The van der Waals surface area contributed by atoms with Gasteiger partial charge in [0.1, 0.15) is 11.4 Å². The van der Waals surface area contributed by atoms with Gasteiger partial charge in [0.2, 0.25) is 0 Å². The predicted molar refractivity (Wildman–Crippen MR) is 68.7 cm³/mol. The Morgan fingerprint density at radius 1 is 1.47 bits per heavy atom. The van der Waals surface area contributed by atoms with Crippen LogP contribution in [0, 0.1) is 0 Å². The maximum Gasteiger partial charge on any atom is 0.358 e. The number of rotatable bonds is 3. The molecule has 2 aromatic heterocycles. The van der Waals surface area contributed by atoms with Crippen LogP contribution in [0.1, 0.15) is 21.0 Å². The summed E-state index contributed by atoms with van der Waals surface area (Å²) in [6, 6.07) is 3.29. The zero-order valence-corrected chi connectivity index (χ0v) is 11.7. The number of aldehydes is 1. The third-order valence-electron chi connectivity index (χ3n) is 2.43. The molecule has 8 heteroatoms. The van der Waals surface area contributed by atoms with Crippen LogP contribution < -0.4 is 0 Å². The van der Waals surface area contributed by atoms with Crippen LogP contribution >= 0.6 is 15.9 Å². The zero-order chi connectivity index (χ0) is 14.0. The van der Waals surface area contributed by atoms with Gasteiger partial charge in [0.15, 0.2) is 12.0 Å². The van der Waals surface area contributed by atoms with Crippen molar-refractivity contribution in [2.24, 2.45) is 7.05 Å². The van der Waals surface area contributed by atoms with Crippen LogP contribution in [-0.4, -0.2) is 39.3 Å². The molecule has 0 aliphatic heterocycles. The van der Waals surface area contributed by atoms with E-state index >= 15 is 0 Å². The molecule has 0 saturated heterocycles. The van der Waals surface area contributed by atoms with Gasteiger partial charge in [-0.2, -0.15) is 0 Å². The number of aromatic nitrogens is 4. The van der Waals surface area contributed by atoms with Crippen LogP contribution in [0.4, 0.5) is 0 Å². The van der Waals surface area contributed by atoms with Crippen molar-refractivity contribution in [2.75, 3.05) is 7.11 Å². The average Bonchev–Trinajstić information content (AvgIpc) is 2.80. The summed E-state index contributed by atoms with van der Waals surface area (Å²) in [6.07, 6.45) is 0.613. The third kappa shape index (κ3) is 2.39. The fraction of sp³-hybridized carbons (Fsp3) is 0.182. The van der Waals surface area contributed by atoms with Crippen LogP contribution in [0.15, 0.2) is 16.6 Å². The van der Waals surface area contributed by atoms with Gasteiger partial charge in [-0.25, -0.2) is 14.5 Å². The summed E-state index contributed by atoms with van der Waals surface area (Å²) in [5, 5.41) is 7.64. The molecule has 0 N–H and O–H groups in total. The highest BCUT2D eigenvalue weighted by Gasteiger charge is 2.22. The monoisotopic (exact) mass is 324 g/mol. The number of hydrogen-bond acceptors (Lipinski definition) is 6. The van der Waals surface area contributed by atoms with Gasteiger partial charge in [0.25, 0.3) is 0 Å². The number of carbonyl (C=O) groups excluding carboxylic acids is 2. The molecule has 19 heavy (non-hydrogen) atoms. The van der Waals surface area contributed by atoms with Crippen molar-refractivity contribution in [1.82, 2.24) is 20.0 Å². The normalized spacial score (nSPS) is 10.3. The van der Waals surface area contributed by atoms with E-state index in [4.69, 9.17) is 0 Å². The van der Waals surface area contributed by atoms with E-state index in [1.807, 2.05) is 0 Å². The molecule has 2 aromatic rings. The van der Waals surface area contributed by atoms with Gasteiger partial charge in [-0.15, -0.1) is 5.10 Å². The number of esters is 1. The summed E-state index contributed by atoms with van der Waals surface area (Å²) >= 11 is 3.20. The Hall–Kier alpha value is -2.09. The second kappa shape index (κ2) is 5.27. The highest BCUT2D eigenvalue weighted by molar-refractivity contribution is 9.10. The van der Waals surface area contributed by atoms with E-state index in [9.17, 15) is 9.59 Å². The molecule has 0 spiro atoms. The Morgan fingerprint density at radius 3 is 2.84 bits per heavy atom. The molecule has 0 aliphatic carbocycles. The van der Waals surface area contributed by atoms with Gasteiger partial charge >= 0.3 is 5.97 Å². The molecule has 0 atom stereocenters. The minimum Gasteiger partial charge on any atom is -0.464 e. The van der Waals surface area contributed by atoms with Crippen LogP contribution in [0.3, 0.4) is 0 Å². The molecule has 0 unspecified atom stereocenters. The first kappa shape index (κ1) is 13.3. The number of ether oxygens (including phenoxy) is 1. The van der Waals surface area contributed by atoms with Crippen LogP contribution in [0.2, 0.25) is 0 Å². The topological polar surface area (TPSA) is 87.0 Å².